The Morgan fingerprint density at radius 2 is 1.68 bits per heavy atom. The summed E-state index contributed by atoms with van der Waals surface area (Å²) in [4.78, 5) is 4.23. The van der Waals surface area contributed by atoms with Crippen molar-refractivity contribution in [2.75, 3.05) is 13.6 Å². The lowest BCUT2D eigenvalue weighted by molar-refractivity contribution is 0.501. The highest BCUT2D eigenvalue weighted by atomic mass is 15.2. The third kappa shape index (κ3) is 6.27. The summed E-state index contributed by atoms with van der Waals surface area (Å²) >= 11 is 0. The summed E-state index contributed by atoms with van der Waals surface area (Å²) in [6.07, 6.45) is 1.01. The summed E-state index contributed by atoms with van der Waals surface area (Å²) < 4.78 is 0. The number of aliphatic imine (C=N–C) groups is 1. The van der Waals surface area contributed by atoms with Crippen LogP contribution in [0.5, 0.6) is 0 Å². The van der Waals surface area contributed by atoms with Crippen molar-refractivity contribution in [1.82, 2.24) is 10.6 Å². The van der Waals surface area contributed by atoms with Crippen molar-refractivity contribution in [3.8, 4) is 0 Å². The van der Waals surface area contributed by atoms with Gasteiger partial charge in [0.25, 0.3) is 0 Å². The van der Waals surface area contributed by atoms with Crippen LogP contribution >= 0.6 is 0 Å². The summed E-state index contributed by atoms with van der Waals surface area (Å²) in [5.41, 5.74) is 4.05. The van der Waals surface area contributed by atoms with Gasteiger partial charge in [-0.25, -0.2) is 0 Å². The normalized spacial score (nSPS) is 12.4. The van der Waals surface area contributed by atoms with Gasteiger partial charge in [-0.1, -0.05) is 29.3 Å². The minimum absolute atomic E-state index is 0.0295. The number of guanidine groups is 1. The van der Waals surface area contributed by atoms with Crippen LogP contribution in [-0.4, -0.2) is 25.1 Å². The molecule has 0 saturated heterocycles. The van der Waals surface area contributed by atoms with Crippen molar-refractivity contribution in [2.24, 2.45) is 4.99 Å². The van der Waals surface area contributed by atoms with Crippen LogP contribution < -0.4 is 10.6 Å². The highest BCUT2D eigenvalue weighted by Gasteiger charge is 2.11. The lowest BCUT2D eigenvalue weighted by Gasteiger charge is -2.23. The van der Waals surface area contributed by atoms with Gasteiger partial charge in [-0.2, -0.15) is 0 Å². The monoisotopic (exact) mass is 261 g/mol. The van der Waals surface area contributed by atoms with Gasteiger partial charge >= 0.3 is 0 Å². The minimum atomic E-state index is 0.0295. The molecule has 0 aromatic heterocycles. The Balaban J connectivity index is 2.49. The first-order valence-corrected chi connectivity index (χ1v) is 6.86. The van der Waals surface area contributed by atoms with Gasteiger partial charge < -0.3 is 10.6 Å². The Bertz CT molecular complexity index is 422. The van der Waals surface area contributed by atoms with Crippen LogP contribution in [-0.2, 0) is 6.42 Å². The number of rotatable bonds is 3. The molecule has 3 heteroatoms. The Kier molecular flexibility index (Phi) is 5.40. The number of benzene rings is 1. The Hall–Kier alpha value is -1.51. The maximum absolute atomic E-state index is 4.23. The van der Waals surface area contributed by atoms with Gasteiger partial charge in [-0.3, -0.25) is 4.99 Å². The van der Waals surface area contributed by atoms with Crippen molar-refractivity contribution in [3.63, 3.8) is 0 Å². The zero-order chi connectivity index (χ0) is 14.5. The predicted molar refractivity (Wildman–Crippen MR) is 83.9 cm³/mol. The first-order valence-electron chi connectivity index (χ1n) is 6.86. The van der Waals surface area contributed by atoms with Gasteiger partial charge in [-0.15, -0.1) is 0 Å². The first-order chi connectivity index (χ1) is 8.80. The van der Waals surface area contributed by atoms with E-state index in [1.807, 2.05) is 0 Å². The molecule has 0 aliphatic heterocycles. The van der Waals surface area contributed by atoms with Gasteiger partial charge in [0.1, 0.15) is 0 Å². The van der Waals surface area contributed by atoms with Crippen LogP contribution in [0.3, 0.4) is 0 Å². The minimum Gasteiger partial charge on any atom is -0.356 e. The standard InChI is InChI=1S/C16H27N3/c1-12-9-13(2)11-14(10-12)7-8-18-15(17-6)19-16(3,4)5/h9-11H,7-8H2,1-6H3,(H2,17,18,19). The first kappa shape index (κ1) is 15.5. The van der Waals surface area contributed by atoms with E-state index in [1.165, 1.54) is 16.7 Å². The summed E-state index contributed by atoms with van der Waals surface area (Å²) in [6, 6.07) is 6.69. The van der Waals surface area contributed by atoms with Gasteiger partial charge in [0.2, 0.25) is 0 Å². The Morgan fingerprint density at radius 1 is 1.11 bits per heavy atom. The van der Waals surface area contributed by atoms with E-state index in [-0.39, 0.29) is 5.54 Å². The molecule has 0 saturated carbocycles. The highest BCUT2D eigenvalue weighted by molar-refractivity contribution is 5.80. The van der Waals surface area contributed by atoms with Crippen molar-refractivity contribution in [1.29, 1.82) is 0 Å². The summed E-state index contributed by atoms with van der Waals surface area (Å²) in [7, 11) is 1.80. The van der Waals surface area contributed by atoms with Gasteiger partial charge in [0, 0.05) is 19.1 Å². The summed E-state index contributed by atoms with van der Waals surface area (Å²) in [5, 5.41) is 6.71. The quantitative estimate of drug-likeness (QED) is 0.648. The summed E-state index contributed by atoms with van der Waals surface area (Å²) in [5.74, 6) is 0.858. The molecular formula is C16H27N3. The lowest BCUT2D eigenvalue weighted by Crippen LogP contribution is -2.48. The van der Waals surface area contributed by atoms with Crippen LogP contribution in [0, 0.1) is 13.8 Å². The number of aryl methyl sites for hydroxylation is 2. The van der Waals surface area contributed by atoms with E-state index in [2.05, 4.69) is 68.4 Å². The molecule has 0 radical (unpaired) electrons. The van der Waals surface area contributed by atoms with Crippen LogP contribution in [0.15, 0.2) is 23.2 Å². The molecule has 0 fully saturated rings. The largest absolute Gasteiger partial charge is 0.356 e. The Morgan fingerprint density at radius 3 is 2.16 bits per heavy atom. The number of nitrogens with one attached hydrogen (secondary N) is 2. The molecule has 106 valence electrons. The van der Waals surface area contributed by atoms with Crippen LogP contribution in [0.25, 0.3) is 0 Å². The van der Waals surface area contributed by atoms with Crippen LogP contribution in [0.4, 0.5) is 0 Å². The van der Waals surface area contributed by atoms with Crippen molar-refractivity contribution < 1.29 is 0 Å². The van der Waals surface area contributed by atoms with Crippen molar-refractivity contribution in [2.45, 2.75) is 46.6 Å². The molecule has 0 spiro atoms. The number of nitrogens with zero attached hydrogens (tertiary/aromatic N) is 1. The highest BCUT2D eigenvalue weighted by Crippen LogP contribution is 2.09. The van der Waals surface area contributed by atoms with E-state index in [4.69, 9.17) is 0 Å². The van der Waals surface area contributed by atoms with E-state index in [1.54, 1.807) is 7.05 Å². The van der Waals surface area contributed by atoms with Gasteiger partial charge in [-0.05, 0) is 46.6 Å². The average molecular weight is 261 g/mol. The molecule has 3 nitrogen and oxygen atoms in total. The lowest BCUT2D eigenvalue weighted by atomic mass is 10.1. The zero-order valence-corrected chi connectivity index (χ0v) is 13.1. The molecule has 19 heavy (non-hydrogen) atoms. The maximum Gasteiger partial charge on any atom is 0.191 e. The fourth-order valence-corrected chi connectivity index (χ4v) is 2.07. The second kappa shape index (κ2) is 6.60. The fourth-order valence-electron chi connectivity index (χ4n) is 2.07. The van der Waals surface area contributed by atoms with E-state index in [0.29, 0.717) is 0 Å². The maximum atomic E-state index is 4.23. The molecule has 0 amide bonds. The second-order valence-electron chi connectivity index (χ2n) is 6.12. The summed E-state index contributed by atoms with van der Waals surface area (Å²) in [6.45, 7) is 11.6. The topological polar surface area (TPSA) is 36.4 Å². The molecule has 1 aromatic carbocycles. The number of hydrogen-bond donors (Lipinski definition) is 2. The van der Waals surface area contributed by atoms with Crippen LogP contribution in [0.2, 0.25) is 0 Å². The average Bonchev–Trinajstić information content (AvgIpc) is 2.24. The fraction of sp³-hybridized carbons (Fsp3) is 0.562. The third-order valence-corrected chi connectivity index (χ3v) is 2.70. The van der Waals surface area contributed by atoms with E-state index >= 15 is 0 Å². The van der Waals surface area contributed by atoms with Crippen molar-refractivity contribution >= 4 is 5.96 Å². The number of hydrogen-bond acceptors (Lipinski definition) is 1. The molecule has 2 N–H and O–H groups in total. The van der Waals surface area contributed by atoms with Gasteiger partial charge in [0.05, 0.1) is 0 Å². The molecule has 0 unspecified atom stereocenters. The molecule has 0 aliphatic carbocycles. The molecule has 1 aromatic rings. The Labute approximate surface area is 117 Å². The van der Waals surface area contributed by atoms with E-state index in [9.17, 15) is 0 Å². The SMILES string of the molecule is CN=C(NCCc1cc(C)cc(C)c1)NC(C)(C)C. The third-order valence-electron chi connectivity index (χ3n) is 2.70. The molecule has 0 heterocycles. The van der Waals surface area contributed by atoms with Crippen molar-refractivity contribution in [3.05, 3.63) is 34.9 Å². The predicted octanol–water partition coefficient (Wildman–Crippen LogP) is 2.81. The van der Waals surface area contributed by atoms with E-state index in [0.717, 1.165) is 18.9 Å². The molecule has 1 rings (SSSR count). The van der Waals surface area contributed by atoms with E-state index < -0.39 is 0 Å². The van der Waals surface area contributed by atoms with Gasteiger partial charge in [0.15, 0.2) is 5.96 Å². The molecule has 0 aliphatic rings. The zero-order valence-electron chi connectivity index (χ0n) is 13.1. The molecule has 0 bridgehead atoms. The smallest absolute Gasteiger partial charge is 0.191 e. The molecular weight excluding hydrogens is 234 g/mol. The second-order valence-corrected chi connectivity index (χ2v) is 6.12. The molecule has 0 atom stereocenters. The van der Waals surface area contributed by atoms with Crippen LogP contribution in [0.1, 0.15) is 37.5 Å².